The molecule has 0 saturated carbocycles. The molecular weight excluding hydrogens is 212 g/mol. The van der Waals surface area contributed by atoms with Gasteiger partial charge in [0, 0.05) is 12.6 Å². The second kappa shape index (κ2) is 5.95. The first-order valence-electron chi connectivity index (χ1n) is 4.71. The first kappa shape index (κ1) is 14.2. The lowest BCUT2D eigenvalue weighted by Crippen LogP contribution is -2.21. The number of aryl methyl sites for hydroxylation is 2. The number of benzene rings is 1. The van der Waals surface area contributed by atoms with E-state index in [-0.39, 0.29) is 18.4 Å². The summed E-state index contributed by atoms with van der Waals surface area (Å²) in [6.07, 6.45) is 0. The van der Waals surface area contributed by atoms with E-state index < -0.39 is 0 Å². The predicted molar refractivity (Wildman–Crippen MR) is 65.7 cm³/mol. The normalized spacial score (nSPS) is 11.8. The molecule has 1 aromatic rings. The number of rotatable bonds is 3. The highest BCUT2D eigenvalue weighted by molar-refractivity contribution is 5.85. The Kier molecular flexibility index (Phi) is 5.65. The lowest BCUT2D eigenvalue weighted by Gasteiger charge is -2.14. The van der Waals surface area contributed by atoms with Crippen LogP contribution in [0.4, 0.5) is 0 Å². The van der Waals surface area contributed by atoms with Crippen molar-refractivity contribution in [1.82, 2.24) is 0 Å². The first-order chi connectivity index (χ1) is 6.60. The summed E-state index contributed by atoms with van der Waals surface area (Å²) in [5.41, 5.74) is 14.7. The van der Waals surface area contributed by atoms with Gasteiger partial charge < -0.3 is 16.2 Å². The molecule has 0 radical (unpaired) electrons. The van der Waals surface area contributed by atoms with Crippen LogP contribution in [0.3, 0.4) is 0 Å². The molecule has 0 aliphatic carbocycles. The fourth-order valence-corrected chi connectivity index (χ4v) is 1.66. The molecule has 3 nitrogen and oxygen atoms in total. The molecule has 0 unspecified atom stereocenters. The van der Waals surface area contributed by atoms with E-state index in [4.69, 9.17) is 16.2 Å². The molecule has 1 rings (SSSR count). The number of ether oxygens (including phenoxy) is 1. The van der Waals surface area contributed by atoms with E-state index in [0.29, 0.717) is 6.54 Å². The van der Waals surface area contributed by atoms with Crippen molar-refractivity contribution in [3.8, 4) is 5.75 Å². The Morgan fingerprint density at radius 2 is 1.73 bits per heavy atom. The van der Waals surface area contributed by atoms with Gasteiger partial charge in [0.2, 0.25) is 0 Å². The number of halogens is 1. The van der Waals surface area contributed by atoms with Crippen LogP contribution in [0.1, 0.15) is 22.7 Å². The topological polar surface area (TPSA) is 61.3 Å². The number of methoxy groups -OCH3 is 1. The van der Waals surface area contributed by atoms with Gasteiger partial charge in [-0.1, -0.05) is 12.1 Å². The van der Waals surface area contributed by atoms with E-state index in [0.717, 1.165) is 22.4 Å². The quantitative estimate of drug-likeness (QED) is 0.831. The summed E-state index contributed by atoms with van der Waals surface area (Å²) in [7, 11) is 1.68. The standard InChI is InChI=1S/C11H18N2O.ClH/c1-7-4-9(10(13)6-12)5-8(2)11(7)14-3;/h4-5,10H,6,12-13H2,1-3H3;1H/t10-;/m0./s1. The first-order valence-corrected chi connectivity index (χ1v) is 4.71. The molecule has 0 saturated heterocycles. The molecule has 0 aromatic heterocycles. The summed E-state index contributed by atoms with van der Waals surface area (Å²) in [6.45, 7) is 4.49. The van der Waals surface area contributed by atoms with Crippen molar-refractivity contribution in [3.05, 3.63) is 28.8 Å². The zero-order valence-electron chi connectivity index (χ0n) is 9.41. The van der Waals surface area contributed by atoms with Crippen molar-refractivity contribution < 1.29 is 4.74 Å². The van der Waals surface area contributed by atoms with Crippen molar-refractivity contribution in [2.24, 2.45) is 11.5 Å². The van der Waals surface area contributed by atoms with Crippen LogP contribution in [0.15, 0.2) is 12.1 Å². The molecule has 1 atom stereocenters. The van der Waals surface area contributed by atoms with Crippen LogP contribution in [-0.2, 0) is 0 Å². The van der Waals surface area contributed by atoms with Crippen molar-refractivity contribution in [1.29, 1.82) is 0 Å². The Labute approximate surface area is 97.2 Å². The summed E-state index contributed by atoms with van der Waals surface area (Å²) in [4.78, 5) is 0. The van der Waals surface area contributed by atoms with Crippen molar-refractivity contribution in [2.75, 3.05) is 13.7 Å². The maximum atomic E-state index is 5.86. The second-order valence-corrected chi connectivity index (χ2v) is 3.53. The Morgan fingerprint density at radius 3 is 2.07 bits per heavy atom. The van der Waals surface area contributed by atoms with Gasteiger partial charge in [-0.2, -0.15) is 0 Å². The Morgan fingerprint density at radius 1 is 1.27 bits per heavy atom. The highest BCUT2D eigenvalue weighted by Crippen LogP contribution is 2.26. The predicted octanol–water partition coefficient (Wildman–Crippen LogP) is 1.69. The molecule has 1 aromatic carbocycles. The lowest BCUT2D eigenvalue weighted by molar-refractivity contribution is 0.408. The molecule has 86 valence electrons. The lowest BCUT2D eigenvalue weighted by atomic mass is 10.0. The molecule has 0 fully saturated rings. The average Bonchev–Trinajstić information content (AvgIpc) is 2.16. The van der Waals surface area contributed by atoms with Crippen LogP contribution in [0, 0.1) is 13.8 Å². The maximum Gasteiger partial charge on any atom is 0.124 e. The third-order valence-electron chi connectivity index (χ3n) is 2.37. The smallest absolute Gasteiger partial charge is 0.124 e. The van der Waals surface area contributed by atoms with Crippen LogP contribution < -0.4 is 16.2 Å². The Hall–Kier alpha value is -0.770. The molecule has 4 heteroatoms. The van der Waals surface area contributed by atoms with E-state index >= 15 is 0 Å². The van der Waals surface area contributed by atoms with Gasteiger partial charge in [0.25, 0.3) is 0 Å². The Balaban J connectivity index is 0.00000196. The van der Waals surface area contributed by atoms with Crippen LogP contribution in [-0.4, -0.2) is 13.7 Å². The summed E-state index contributed by atoms with van der Waals surface area (Å²) < 4.78 is 5.27. The second-order valence-electron chi connectivity index (χ2n) is 3.53. The molecule has 0 aliphatic rings. The molecule has 0 amide bonds. The van der Waals surface area contributed by atoms with E-state index in [9.17, 15) is 0 Å². The largest absolute Gasteiger partial charge is 0.496 e. The fraction of sp³-hybridized carbons (Fsp3) is 0.455. The summed E-state index contributed by atoms with van der Waals surface area (Å²) in [6, 6.07) is 3.98. The van der Waals surface area contributed by atoms with Gasteiger partial charge in [-0.05, 0) is 30.5 Å². The number of hydrogen-bond acceptors (Lipinski definition) is 3. The zero-order valence-corrected chi connectivity index (χ0v) is 10.2. The summed E-state index contributed by atoms with van der Waals surface area (Å²) in [5.74, 6) is 0.929. The SMILES string of the molecule is COc1c(C)cc([C@@H](N)CN)cc1C.Cl. The van der Waals surface area contributed by atoms with Crippen LogP contribution in [0.5, 0.6) is 5.75 Å². The van der Waals surface area contributed by atoms with Gasteiger partial charge in [0.1, 0.15) is 5.75 Å². The van der Waals surface area contributed by atoms with Crippen molar-refractivity contribution in [3.63, 3.8) is 0 Å². The summed E-state index contributed by atoms with van der Waals surface area (Å²) >= 11 is 0. The molecule has 0 spiro atoms. The van der Waals surface area contributed by atoms with Crippen LogP contribution in [0.25, 0.3) is 0 Å². The molecule has 15 heavy (non-hydrogen) atoms. The number of nitrogens with two attached hydrogens (primary N) is 2. The fourth-order valence-electron chi connectivity index (χ4n) is 1.66. The highest BCUT2D eigenvalue weighted by Gasteiger charge is 2.09. The molecule has 0 heterocycles. The van der Waals surface area contributed by atoms with Crippen LogP contribution in [0.2, 0.25) is 0 Å². The van der Waals surface area contributed by atoms with Gasteiger partial charge in [0.05, 0.1) is 7.11 Å². The minimum absolute atomic E-state index is 0. The third kappa shape index (κ3) is 3.09. The van der Waals surface area contributed by atoms with Crippen molar-refractivity contribution >= 4 is 12.4 Å². The zero-order chi connectivity index (χ0) is 10.7. The van der Waals surface area contributed by atoms with Gasteiger partial charge >= 0.3 is 0 Å². The molecule has 0 aliphatic heterocycles. The van der Waals surface area contributed by atoms with E-state index in [1.807, 2.05) is 26.0 Å². The van der Waals surface area contributed by atoms with E-state index in [2.05, 4.69) is 0 Å². The van der Waals surface area contributed by atoms with E-state index in [1.165, 1.54) is 0 Å². The van der Waals surface area contributed by atoms with E-state index in [1.54, 1.807) is 7.11 Å². The molecular formula is C11H19ClN2O. The van der Waals surface area contributed by atoms with Gasteiger partial charge in [-0.25, -0.2) is 0 Å². The minimum Gasteiger partial charge on any atom is -0.496 e. The monoisotopic (exact) mass is 230 g/mol. The molecule has 4 N–H and O–H groups in total. The molecule has 0 bridgehead atoms. The van der Waals surface area contributed by atoms with Crippen molar-refractivity contribution in [2.45, 2.75) is 19.9 Å². The Bertz CT molecular complexity index is 305. The minimum atomic E-state index is -0.0849. The highest BCUT2D eigenvalue weighted by atomic mass is 35.5. The summed E-state index contributed by atoms with van der Waals surface area (Å²) in [5, 5.41) is 0. The maximum absolute atomic E-state index is 5.86. The average molecular weight is 231 g/mol. The van der Waals surface area contributed by atoms with Gasteiger partial charge in [0.15, 0.2) is 0 Å². The van der Waals surface area contributed by atoms with Gasteiger partial charge in [-0.3, -0.25) is 0 Å². The third-order valence-corrected chi connectivity index (χ3v) is 2.37. The van der Waals surface area contributed by atoms with Crippen LogP contribution >= 0.6 is 12.4 Å². The van der Waals surface area contributed by atoms with Gasteiger partial charge in [-0.15, -0.1) is 12.4 Å². The number of hydrogen-bond donors (Lipinski definition) is 2.